The Morgan fingerprint density at radius 1 is 1.50 bits per heavy atom. The number of fused-ring (bicyclic) bond motifs is 2. The molecule has 2 aliphatic rings. The zero-order valence-electron chi connectivity index (χ0n) is 9.52. The lowest BCUT2D eigenvalue weighted by molar-refractivity contribution is -0.128. The molecular weight excluding hydrogens is 298 g/mol. The van der Waals surface area contributed by atoms with Crippen LogP contribution in [0.3, 0.4) is 0 Å². The molecule has 4 nitrogen and oxygen atoms in total. The van der Waals surface area contributed by atoms with Gasteiger partial charge in [0.05, 0.1) is 24.3 Å². The van der Waals surface area contributed by atoms with Crippen molar-refractivity contribution in [3.05, 3.63) is 40.6 Å². The summed E-state index contributed by atoms with van der Waals surface area (Å²) >= 11 is 3.39. The number of piperidine rings is 1. The predicted molar refractivity (Wildman–Crippen MR) is 69.0 cm³/mol. The van der Waals surface area contributed by atoms with Crippen molar-refractivity contribution in [3.63, 3.8) is 0 Å². The van der Waals surface area contributed by atoms with E-state index < -0.39 is 11.6 Å². The maximum atomic E-state index is 11.7. The van der Waals surface area contributed by atoms with Crippen LogP contribution < -0.4 is 10.1 Å². The summed E-state index contributed by atoms with van der Waals surface area (Å²) in [5.41, 5.74) is 0.226. The first-order valence-corrected chi connectivity index (χ1v) is 6.52. The van der Waals surface area contributed by atoms with Crippen molar-refractivity contribution in [1.82, 2.24) is 5.32 Å². The van der Waals surface area contributed by atoms with E-state index in [1.807, 2.05) is 18.2 Å². The fourth-order valence-corrected chi connectivity index (χ4v) is 2.91. The molecule has 2 heterocycles. The van der Waals surface area contributed by atoms with Crippen molar-refractivity contribution < 1.29 is 14.6 Å². The second kappa shape index (κ2) is 4.10. The molecule has 1 saturated heterocycles. The number of rotatable bonds is 0. The van der Waals surface area contributed by atoms with Crippen LogP contribution in [0.25, 0.3) is 0 Å². The first-order chi connectivity index (χ1) is 8.59. The van der Waals surface area contributed by atoms with E-state index in [0.717, 1.165) is 10.0 Å². The molecule has 1 spiro atoms. The molecule has 2 atom stereocenters. The average molecular weight is 310 g/mol. The maximum absolute atomic E-state index is 11.7. The highest BCUT2D eigenvalue weighted by atomic mass is 79.9. The molecule has 0 saturated carbocycles. The lowest BCUT2D eigenvalue weighted by Gasteiger charge is -2.40. The van der Waals surface area contributed by atoms with E-state index in [4.69, 9.17) is 4.74 Å². The Balaban J connectivity index is 2.10. The Kier molecular flexibility index (Phi) is 2.68. The third-order valence-corrected chi connectivity index (χ3v) is 3.81. The van der Waals surface area contributed by atoms with Crippen LogP contribution in [0, 0.1) is 0 Å². The van der Waals surface area contributed by atoms with Crippen LogP contribution in [0.2, 0.25) is 0 Å². The van der Waals surface area contributed by atoms with Crippen molar-refractivity contribution in [2.45, 2.75) is 24.5 Å². The highest BCUT2D eigenvalue weighted by molar-refractivity contribution is 9.10. The van der Waals surface area contributed by atoms with Crippen LogP contribution in [-0.4, -0.2) is 17.1 Å². The van der Waals surface area contributed by atoms with Gasteiger partial charge in [-0.1, -0.05) is 22.0 Å². The molecule has 94 valence electrons. The molecule has 3 rings (SSSR count). The maximum Gasteiger partial charge on any atom is 0.223 e. The highest BCUT2D eigenvalue weighted by Gasteiger charge is 2.42. The molecule has 0 aromatic heterocycles. The van der Waals surface area contributed by atoms with Crippen LogP contribution in [0.1, 0.15) is 18.4 Å². The Morgan fingerprint density at radius 2 is 2.33 bits per heavy atom. The number of hydrogen-bond donors (Lipinski definition) is 2. The Labute approximate surface area is 113 Å². The molecule has 2 aliphatic heterocycles. The van der Waals surface area contributed by atoms with Gasteiger partial charge < -0.3 is 15.2 Å². The summed E-state index contributed by atoms with van der Waals surface area (Å²) in [6, 6.07) is 5.66. The number of carbonyl (C=O) groups excluding carboxylic acids is 1. The second-order valence-electron chi connectivity index (χ2n) is 4.64. The Hall–Kier alpha value is -1.33. The monoisotopic (exact) mass is 309 g/mol. The normalized spacial score (nSPS) is 29.7. The summed E-state index contributed by atoms with van der Waals surface area (Å²) in [5.74, 6) is 0.551. The quantitative estimate of drug-likeness (QED) is 0.768. The first-order valence-electron chi connectivity index (χ1n) is 5.72. The number of nitrogens with one attached hydrogen (secondary N) is 1. The van der Waals surface area contributed by atoms with E-state index in [1.54, 1.807) is 12.3 Å². The van der Waals surface area contributed by atoms with E-state index in [2.05, 4.69) is 21.2 Å². The molecule has 0 bridgehead atoms. The van der Waals surface area contributed by atoms with E-state index in [9.17, 15) is 9.90 Å². The van der Waals surface area contributed by atoms with Crippen LogP contribution >= 0.6 is 15.9 Å². The highest BCUT2D eigenvalue weighted by Crippen LogP contribution is 2.41. The van der Waals surface area contributed by atoms with Crippen molar-refractivity contribution in [2.75, 3.05) is 0 Å². The zero-order chi connectivity index (χ0) is 12.8. The minimum Gasteiger partial charge on any atom is -0.465 e. The minimum absolute atomic E-state index is 0.144. The number of ether oxygens (including phenoxy) is 1. The summed E-state index contributed by atoms with van der Waals surface area (Å²) in [6.45, 7) is 0. The molecule has 18 heavy (non-hydrogen) atoms. The molecule has 2 N–H and O–H groups in total. The number of benzene rings is 1. The van der Waals surface area contributed by atoms with Crippen molar-refractivity contribution >= 4 is 21.8 Å². The van der Waals surface area contributed by atoms with Crippen LogP contribution in [-0.2, 0) is 10.3 Å². The summed E-state index contributed by atoms with van der Waals surface area (Å²) in [7, 11) is 0. The smallest absolute Gasteiger partial charge is 0.223 e. The molecule has 5 heteroatoms. The molecule has 0 aliphatic carbocycles. The fourth-order valence-electron chi connectivity index (χ4n) is 2.57. The van der Waals surface area contributed by atoms with Crippen LogP contribution in [0.5, 0.6) is 5.75 Å². The van der Waals surface area contributed by atoms with E-state index in [0.29, 0.717) is 12.2 Å². The number of halogens is 1. The molecule has 1 aromatic rings. The molecule has 1 fully saturated rings. The molecule has 1 aromatic carbocycles. The van der Waals surface area contributed by atoms with Gasteiger partial charge in [-0.3, -0.25) is 4.79 Å². The van der Waals surface area contributed by atoms with Gasteiger partial charge in [-0.2, -0.15) is 0 Å². The lowest BCUT2D eigenvalue weighted by Crippen LogP contribution is -2.52. The van der Waals surface area contributed by atoms with Gasteiger partial charge in [-0.05, 0) is 18.2 Å². The Morgan fingerprint density at radius 3 is 3.11 bits per heavy atom. The lowest BCUT2D eigenvalue weighted by atomic mass is 9.79. The molecule has 1 unspecified atom stereocenters. The summed E-state index contributed by atoms with van der Waals surface area (Å²) in [5, 5.41) is 12.8. The van der Waals surface area contributed by atoms with Gasteiger partial charge in [0, 0.05) is 16.5 Å². The fraction of sp³-hybridized carbons (Fsp3) is 0.308. The van der Waals surface area contributed by atoms with Crippen LogP contribution in [0.4, 0.5) is 0 Å². The topological polar surface area (TPSA) is 58.6 Å². The van der Waals surface area contributed by atoms with Crippen molar-refractivity contribution in [1.29, 1.82) is 0 Å². The molecule has 0 radical (unpaired) electrons. The van der Waals surface area contributed by atoms with Gasteiger partial charge in [0.25, 0.3) is 0 Å². The van der Waals surface area contributed by atoms with Gasteiger partial charge in [-0.25, -0.2) is 0 Å². The second-order valence-corrected chi connectivity index (χ2v) is 5.56. The zero-order valence-corrected chi connectivity index (χ0v) is 11.1. The summed E-state index contributed by atoms with van der Waals surface area (Å²) < 4.78 is 6.37. The van der Waals surface area contributed by atoms with Crippen LogP contribution in [0.15, 0.2) is 35.0 Å². The number of hydrogen-bond acceptors (Lipinski definition) is 3. The van der Waals surface area contributed by atoms with Gasteiger partial charge in [0.1, 0.15) is 5.75 Å². The minimum atomic E-state index is -0.650. The van der Waals surface area contributed by atoms with E-state index in [1.165, 1.54) is 0 Å². The standard InChI is InChI=1S/C13H12BrNO3/c14-8-1-2-10-11(5-8)18-4-3-13(10)7-9(16)6-12(17)15-13/h1-5,9,16H,6-7H2,(H,15,17)/t9?,13-/m1/s1. The van der Waals surface area contributed by atoms with Crippen molar-refractivity contribution in [2.24, 2.45) is 0 Å². The Bertz CT molecular complexity index is 543. The predicted octanol–water partition coefficient (Wildman–Crippen LogP) is 1.82. The van der Waals surface area contributed by atoms with E-state index in [-0.39, 0.29) is 12.3 Å². The third kappa shape index (κ3) is 1.83. The number of amides is 1. The number of carbonyl (C=O) groups is 1. The summed E-state index contributed by atoms with van der Waals surface area (Å²) in [6.07, 6.45) is 3.35. The third-order valence-electron chi connectivity index (χ3n) is 3.31. The molecular formula is C13H12BrNO3. The van der Waals surface area contributed by atoms with Gasteiger partial charge >= 0.3 is 0 Å². The average Bonchev–Trinajstić information content (AvgIpc) is 2.27. The van der Waals surface area contributed by atoms with Gasteiger partial charge in [0.15, 0.2) is 0 Å². The number of aliphatic hydroxyl groups excluding tert-OH is 1. The SMILES string of the molecule is O=C1CC(O)C[C@@]2(C=COc3cc(Br)ccc32)N1. The van der Waals surface area contributed by atoms with Crippen molar-refractivity contribution in [3.8, 4) is 5.75 Å². The van der Waals surface area contributed by atoms with Gasteiger partial charge in [0.2, 0.25) is 5.91 Å². The largest absolute Gasteiger partial charge is 0.465 e. The van der Waals surface area contributed by atoms with E-state index >= 15 is 0 Å². The number of aliphatic hydroxyl groups is 1. The van der Waals surface area contributed by atoms with Gasteiger partial charge in [-0.15, -0.1) is 0 Å². The molecule has 1 amide bonds. The first kappa shape index (κ1) is 11.7. The summed E-state index contributed by atoms with van der Waals surface area (Å²) in [4.78, 5) is 11.7.